The molecule has 0 N–H and O–H groups in total. The minimum atomic E-state index is -3.97. The van der Waals surface area contributed by atoms with E-state index < -0.39 is 10.0 Å². The highest BCUT2D eigenvalue weighted by Crippen LogP contribution is 2.29. The molecule has 7 nitrogen and oxygen atoms in total. The van der Waals surface area contributed by atoms with E-state index in [4.69, 9.17) is 0 Å². The molecule has 0 bridgehead atoms. The van der Waals surface area contributed by atoms with Crippen molar-refractivity contribution in [3.05, 3.63) is 41.2 Å². The number of benzene rings is 1. The molecule has 0 saturated carbocycles. The number of carbonyl (C=O) groups is 1. The second-order valence-corrected chi connectivity index (χ2v) is 10.5. The first kappa shape index (κ1) is 23.3. The minimum Gasteiger partial charge on any atom is -0.341 e. The molecule has 1 fully saturated rings. The van der Waals surface area contributed by atoms with Crippen LogP contribution in [0.2, 0.25) is 0 Å². The van der Waals surface area contributed by atoms with E-state index in [9.17, 15) is 13.2 Å². The summed E-state index contributed by atoms with van der Waals surface area (Å²) in [6.07, 6.45) is 4.14. The van der Waals surface area contributed by atoms with Crippen LogP contribution in [0, 0.1) is 13.8 Å². The van der Waals surface area contributed by atoms with Gasteiger partial charge in [0.1, 0.15) is 11.4 Å². The number of hydrogen-bond acceptors (Lipinski definition) is 4. The maximum Gasteiger partial charge on any atom is 0.268 e. The van der Waals surface area contributed by atoms with E-state index in [1.165, 1.54) is 4.31 Å². The molecule has 1 aromatic heterocycles. The van der Waals surface area contributed by atoms with E-state index in [2.05, 4.69) is 18.9 Å². The highest BCUT2D eigenvalue weighted by atomic mass is 32.2. The number of rotatable bonds is 6. The second kappa shape index (κ2) is 9.42. The van der Waals surface area contributed by atoms with Crippen molar-refractivity contribution in [1.82, 2.24) is 14.7 Å². The van der Waals surface area contributed by atoms with Crippen molar-refractivity contribution in [2.24, 2.45) is 7.05 Å². The molecule has 170 valence electrons. The fourth-order valence-corrected chi connectivity index (χ4v) is 5.94. The zero-order valence-corrected chi connectivity index (χ0v) is 20.1. The van der Waals surface area contributed by atoms with Gasteiger partial charge in [-0.2, -0.15) is 5.10 Å². The van der Waals surface area contributed by atoms with Crippen molar-refractivity contribution in [2.75, 3.05) is 23.9 Å². The zero-order chi connectivity index (χ0) is 22.8. The van der Waals surface area contributed by atoms with E-state index >= 15 is 0 Å². The van der Waals surface area contributed by atoms with Crippen molar-refractivity contribution < 1.29 is 13.2 Å². The Morgan fingerprint density at radius 3 is 2.13 bits per heavy atom. The lowest BCUT2D eigenvalue weighted by Gasteiger charge is -2.28. The summed E-state index contributed by atoms with van der Waals surface area (Å²) < 4.78 is 30.4. The number of aryl methyl sites for hydroxylation is 2. The lowest BCUT2D eigenvalue weighted by molar-refractivity contribution is -0.129. The van der Waals surface area contributed by atoms with Crippen LogP contribution < -0.4 is 4.31 Å². The average Bonchev–Trinajstić information content (AvgIpc) is 2.91. The molecule has 0 atom stereocenters. The molecule has 0 aliphatic carbocycles. The quantitative estimate of drug-likeness (QED) is 0.677. The van der Waals surface area contributed by atoms with Crippen molar-refractivity contribution >= 4 is 21.6 Å². The van der Waals surface area contributed by atoms with Crippen LogP contribution in [-0.2, 0) is 21.9 Å². The fourth-order valence-electron chi connectivity index (χ4n) is 4.12. The Morgan fingerprint density at radius 1 is 1.06 bits per heavy atom. The van der Waals surface area contributed by atoms with Gasteiger partial charge in [-0.1, -0.05) is 38.8 Å². The van der Waals surface area contributed by atoms with E-state index in [0.717, 1.165) is 31.2 Å². The Kier molecular flexibility index (Phi) is 7.09. The van der Waals surface area contributed by atoms with E-state index in [-0.39, 0.29) is 17.3 Å². The maximum absolute atomic E-state index is 13.8. The summed E-state index contributed by atoms with van der Waals surface area (Å²) in [7, 11) is -2.24. The zero-order valence-electron chi connectivity index (χ0n) is 19.3. The molecule has 1 aliphatic heterocycles. The summed E-state index contributed by atoms with van der Waals surface area (Å²) in [5.41, 5.74) is 2.61. The topological polar surface area (TPSA) is 75.5 Å². The number of amides is 1. The number of carbonyl (C=O) groups excluding carboxylic acids is 1. The van der Waals surface area contributed by atoms with Gasteiger partial charge in [0.15, 0.2) is 0 Å². The van der Waals surface area contributed by atoms with Crippen LogP contribution >= 0.6 is 0 Å². The molecule has 0 radical (unpaired) electrons. The Labute approximate surface area is 186 Å². The van der Waals surface area contributed by atoms with Gasteiger partial charge in [0.25, 0.3) is 10.0 Å². The molecule has 2 heterocycles. The first-order chi connectivity index (χ1) is 14.6. The Hall–Kier alpha value is -2.35. The first-order valence-electron chi connectivity index (χ1n) is 11.0. The highest BCUT2D eigenvalue weighted by Gasteiger charge is 2.33. The third-order valence-electron chi connectivity index (χ3n) is 6.08. The summed E-state index contributed by atoms with van der Waals surface area (Å²) >= 11 is 0. The molecule has 1 saturated heterocycles. The van der Waals surface area contributed by atoms with Gasteiger partial charge < -0.3 is 4.90 Å². The fraction of sp³-hybridized carbons (Fsp3) is 0.565. The third kappa shape index (κ3) is 4.95. The molecule has 1 aromatic carbocycles. The van der Waals surface area contributed by atoms with Crippen LogP contribution in [-0.4, -0.2) is 48.6 Å². The molecule has 1 amide bonds. The van der Waals surface area contributed by atoms with Gasteiger partial charge in [-0.05, 0) is 50.3 Å². The SMILES string of the molecule is Cc1nn(C)c(C)c1S(=O)(=O)N(CC(=O)N1CCCCCC1)c1ccc(C(C)C)cc1. The monoisotopic (exact) mass is 446 g/mol. The van der Waals surface area contributed by atoms with Crippen molar-refractivity contribution in [3.8, 4) is 0 Å². The predicted octanol–water partition coefficient (Wildman–Crippen LogP) is 3.76. The first-order valence-corrected chi connectivity index (χ1v) is 12.5. The van der Waals surface area contributed by atoms with Gasteiger partial charge in [-0.15, -0.1) is 0 Å². The summed E-state index contributed by atoms with van der Waals surface area (Å²) in [5, 5.41) is 4.29. The number of aromatic nitrogens is 2. The smallest absolute Gasteiger partial charge is 0.268 e. The minimum absolute atomic E-state index is 0.155. The summed E-state index contributed by atoms with van der Waals surface area (Å²) in [6.45, 7) is 8.77. The Balaban J connectivity index is 2.02. The molecule has 0 spiro atoms. The van der Waals surface area contributed by atoms with Gasteiger partial charge in [-0.25, -0.2) is 8.42 Å². The number of likely N-dealkylation sites (tertiary alicyclic amines) is 1. The van der Waals surface area contributed by atoms with Gasteiger partial charge in [-0.3, -0.25) is 13.8 Å². The Morgan fingerprint density at radius 2 is 1.65 bits per heavy atom. The van der Waals surface area contributed by atoms with Crippen LogP contribution in [0.5, 0.6) is 0 Å². The van der Waals surface area contributed by atoms with Crippen LogP contribution in [0.15, 0.2) is 29.2 Å². The second-order valence-electron chi connectivity index (χ2n) is 8.68. The lowest BCUT2D eigenvalue weighted by atomic mass is 10.0. The van der Waals surface area contributed by atoms with Crippen molar-refractivity contribution in [2.45, 2.75) is 64.2 Å². The molecule has 0 unspecified atom stereocenters. The number of sulfonamides is 1. The third-order valence-corrected chi connectivity index (χ3v) is 8.10. The van der Waals surface area contributed by atoms with E-state index in [0.29, 0.717) is 36.1 Å². The van der Waals surface area contributed by atoms with Crippen LogP contribution in [0.3, 0.4) is 0 Å². The highest BCUT2D eigenvalue weighted by molar-refractivity contribution is 7.93. The normalized spacial score (nSPS) is 15.2. The largest absolute Gasteiger partial charge is 0.341 e. The van der Waals surface area contributed by atoms with Gasteiger partial charge >= 0.3 is 0 Å². The molecular weight excluding hydrogens is 412 g/mol. The Bertz CT molecular complexity index is 1020. The predicted molar refractivity (Wildman–Crippen MR) is 123 cm³/mol. The lowest BCUT2D eigenvalue weighted by Crippen LogP contribution is -2.43. The van der Waals surface area contributed by atoms with Gasteiger partial charge in [0.2, 0.25) is 5.91 Å². The average molecular weight is 447 g/mol. The summed E-state index contributed by atoms with van der Waals surface area (Å²) in [5.74, 6) is 0.179. The molecule has 1 aliphatic rings. The van der Waals surface area contributed by atoms with Gasteiger partial charge in [0, 0.05) is 20.1 Å². The van der Waals surface area contributed by atoms with E-state index in [1.807, 2.05) is 12.1 Å². The van der Waals surface area contributed by atoms with Crippen LogP contribution in [0.25, 0.3) is 0 Å². The molecule has 8 heteroatoms. The molecule has 31 heavy (non-hydrogen) atoms. The van der Waals surface area contributed by atoms with E-state index in [1.54, 1.807) is 42.6 Å². The summed E-state index contributed by atoms with van der Waals surface area (Å²) in [6, 6.07) is 7.46. The number of anilines is 1. The van der Waals surface area contributed by atoms with Crippen LogP contribution in [0.1, 0.15) is 62.4 Å². The number of nitrogens with zero attached hydrogens (tertiary/aromatic N) is 4. The molecule has 3 rings (SSSR count). The molecular formula is C23H34N4O3S. The standard InChI is InChI=1S/C23H34N4O3S/c1-17(2)20-10-12-21(13-11-20)27(16-22(28)26-14-8-6-7-9-15-26)31(29,30)23-18(3)24-25(5)19(23)4/h10-13,17H,6-9,14-16H2,1-5H3. The number of hydrogen-bond donors (Lipinski definition) is 0. The molecule has 2 aromatic rings. The van der Waals surface area contributed by atoms with Crippen molar-refractivity contribution in [1.29, 1.82) is 0 Å². The van der Waals surface area contributed by atoms with Crippen molar-refractivity contribution in [3.63, 3.8) is 0 Å². The van der Waals surface area contributed by atoms with Gasteiger partial charge in [0.05, 0.1) is 17.1 Å². The summed E-state index contributed by atoms with van der Waals surface area (Å²) in [4.78, 5) is 15.1. The van der Waals surface area contributed by atoms with Crippen LogP contribution in [0.4, 0.5) is 5.69 Å². The maximum atomic E-state index is 13.8.